The van der Waals surface area contributed by atoms with Gasteiger partial charge in [0, 0.05) is 34.2 Å². The van der Waals surface area contributed by atoms with Crippen LogP contribution in [0, 0.1) is 0 Å². The van der Waals surface area contributed by atoms with Crippen LogP contribution in [-0.4, -0.2) is 65.4 Å². The Labute approximate surface area is 252 Å². The summed E-state index contributed by atoms with van der Waals surface area (Å²) >= 11 is 0. The van der Waals surface area contributed by atoms with Crippen molar-refractivity contribution in [2.75, 3.05) is 21.3 Å². The van der Waals surface area contributed by atoms with Crippen molar-refractivity contribution in [3.05, 3.63) is 95.1 Å². The van der Waals surface area contributed by atoms with Crippen molar-refractivity contribution in [1.82, 2.24) is 20.4 Å². The van der Waals surface area contributed by atoms with E-state index in [1.54, 1.807) is 37.3 Å². The minimum Gasteiger partial charge on any atom is -0.465 e. The quantitative estimate of drug-likeness (QED) is 0.124. The first kappa shape index (κ1) is 29.6. The molecule has 0 atom stereocenters. The number of carbonyl (C=O) groups excluding carboxylic acids is 4. The lowest BCUT2D eigenvalue weighted by Crippen LogP contribution is -2.07. The molecular formula is C33H28N4O7. The maximum atomic E-state index is 12.4. The summed E-state index contributed by atoms with van der Waals surface area (Å²) in [5.74, 6) is -1.82. The molecule has 0 fully saturated rings. The molecule has 0 bridgehead atoms. The summed E-state index contributed by atoms with van der Waals surface area (Å²) in [7, 11) is 3.82. The predicted octanol–water partition coefficient (Wildman–Crippen LogP) is 5.75. The molecule has 2 heterocycles. The van der Waals surface area contributed by atoms with Gasteiger partial charge in [-0.15, -0.1) is 0 Å². The number of Topliss-reactive ketones (excluding diaryl/α,β-unsaturated/α-hetero) is 1. The van der Waals surface area contributed by atoms with Gasteiger partial charge in [-0.05, 0) is 54.6 Å². The molecule has 44 heavy (non-hydrogen) atoms. The van der Waals surface area contributed by atoms with Crippen molar-refractivity contribution in [2.24, 2.45) is 0 Å². The number of nitrogens with one attached hydrogen (secondary N) is 2. The second-order valence-electron chi connectivity index (χ2n) is 9.76. The van der Waals surface area contributed by atoms with Gasteiger partial charge in [0.2, 0.25) is 0 Å². The maximum absolute atomic E-state index is 12.4. The number of hydrogen-bond donors (Lipinski definition) is 2. The number of benzene rings is 3. The van der Waals surface area contributed by atoms with Crippen LogP contribution in [0.5, 0.6) is 0 Å². The maximum Gasteiger partial charge on any atom is 0.337 e. The first-order valence-electron chi connectivity index (χ1n) is 13.5. The first-order valence-corrected chi connectivity index (χ1v) is 13.5. The Hall–Kier alpha value is -5.84. The van der Waals surface area contributed by atoms with Crippen LogP contribution >= 0.6 is 0 Å². The molecule has 0 aliphatic heterocycles. The van der Waals surface area contributed by atoms with Crippen LogP contribution in [-0.2, 0) is 14.2 Å². The number of carbonyl (C=O) groups is 4. The van der Waals surface area contributed by atoms with Crippen molar-refractivity contribution >= 4 is 23.7 Å². The Morgan fingerprint density at radius 2 is 0.977 bits per heavy atom. The Kier molecular flexibility index (Phi) is 8.47. The summed E-state index contributed by atoms with van der Waals surface area (Å²) in [4.78, 5) is 49.2. The van der Waals surface area contributed by atoms with Crippen LogP contribution in [0.3, 0.4) is 0 Å². The number of rotatable bonds is 9. The lowest BCUT2D eigenvalue weighted by molar-refractivity contribution is 0.0587. The Bertz CT molecular complexity index is 1700. The average Bonchev–Trinajstić information content (AvgIpc) is 3.78. The van der Waals surface area contributed by atoms with Gasteiger partial charge in [0.05, 0.1) is 60.8 Å². The Morgan fingerprint density at radius 3 is 1.39 bits per heavy atom. The third kappa shape index (κ3) is 6.02. The third-order valence-corrected chi connectivity index (χ3v) is 7.00. The summed E-state index contributed by atoms with van der Waals surface area (Å²) in [6.45, 7) is 1.76. The molecule has 0 unspecified atom stereocenters. The fraction of sp³-hybridized carbons (Fsp3) is 0.152. The highest BCUT2D eigenvalue weighted by Gasteiger charge is 2.18. The standard InChI is InChI=1S/C33H28N4O7/c1-5-30(38)22-10-20(11-23(14-22)31(39)42-2)28-16-26(34-36-28)18-7-6-8-19(9-18)27-17-29(37-35-27)21-12-24(32(40)43-3)15-25(13-21)33(41)44-4/h6-17H,5H2,1-4H3,(H,34,36)(H,35,37). The van der Waals surface area contributed by atoms with Gasteiger partial charge in [0.15, 0.2) is 5.78 Å². The van der Waals surface area contributed by atoms with E-state index in [9.17, 15) is 19.2 Å². The number of ether oxygens (including phenoxy) is 3. The molecular weight excluding hydrogens is 564 g/mol. The van der Waals surface area contributed by atoms with Gasteiger partial charge in [0.1, 0.15) is 0 Å². The van der Waals surface area contributed by atoms with Gasteiger partial charge in [0.25, 0.3) is 0 Å². The van der Waals surface area contributed by atoms with Crippen molar-refractivity contribution in [3.8, 4) is 45.0 Å². The molecule has 0 aliphatic carbocycles. The van der Waals surface area contributed by atoms with Crippen molar-refractivity contribution in [1.29, 1.82) is 0 Å². The molecule has 0 aliphatic rings. The second-order valence-corrected chi connectivity index (χ2v) is 9.76. The van der Waals surface area contributed by atoms with Crippen LogP contribution in [0.1, 0.15) is 54.8 Å². The van der Waals surface area contributed by atoms with Gasteiger partial charge < -0.3 is 14.2 Å². The van der Waals surface area contributed by atoms with E-state index in [1.807, 2.05) is 30.3 Å². The van der Waals surface area contributed by atoms with E-state index in [0.717, 1.165) is 11.1 Å². The number of esters is 3. The zero-order chi connectivity index (χ0) is 31.4. The molecule has 5 rings (SSSR count). The molecule has 2 N–H and O–H groups in total. The number of hydrogen-bond acceptors (Lipinski definition) is 9. The lowest BCUT2D eigenvalue weighted by atomic mass is 9.99. The van der Waals surface area contributed by atoms with Crippen molar-refractivity contribution < 1.29 is 33.4 Å². The van der Waals surface area contributed by atoms with Crippen LogP contribution < -0.4 is 0 Å². The smallest absolute Gasteiger partial charge is 0.337 e. The normalized spacial score (nSPS) is 10.7. The largest absolute Gasteiger partial charge is 0.465 e. The van der Waals surface area contributed by atoms with Gasteiger partial charge in [-0.3, -0.25) is 15.0 Å². The SMILES string of the molecule is CCC(=O)c1cc(C(=O)OC)cc(-c2cc(-c3cccc(-c4cc(-c5cc(C(=O)OC)cc(C(=O)OC)c5)[nH]n4)c3)n[nH]2)c1. The van der Waals surface area contributed by atoms with Crippen LogP contribution in [0.4, 0.5) is 0 Å². The summed E-state index contributed by atoms with van der Waals surface area (Å²) in [5, 5.41) is 14.9. The topological polar surface area (TPSA) is 153 Å². The molecule has 0 saturated carbocycles. The molecule has 2 aromatic heterocycles. The first-order chi connectivity index (χ1) is 21.2. The van der Waals surface area contributed by atoms with E-state index >= 15 is 0 Å². The zero-order valence-corrected chi connectivity index (χ0v) is 24.4. The fourth-order valence-electron chi connectivity index (χ4n) is 4.71. The molecule has 0 spiro atoms. The van der Waals surface area contributed by atoms with Gasteiger partial charge in [-0.2, -0.15) is 10.2 Å². The minimum absolute atomic E-state index is 0.0960. The number of aromatic amines is 2. The van der Waals surface area contributed by atoms with E-state index in [0.29, 0.717) is 45.9 Å². The Morgan fingerprint density at radius 1 is 0.568 bits per heavy atom. The van der Waals surface area contributed by atoms with Crippen molar-refractivity contribution in [2.45, 2.75) is 13.3 Å². The number of H-pyrrole nitrogens is 2. The van der Waals surface area contributed by atoms with Crippen LogP contribution in [0.15, 0.2) is 72.8 Å². The van der Waals surface area contributed by atoms with E-state index in [1.165, 1.54) is 33.5 Å². The van der Waals surface area contributed by atoms with E-state index in [2.05, 4.69) is 20.4 Å². The van der Waals surface area contributed by atoms with Gasteiger partial charge in [-0.25, -0.2) is 14.4 Å². The third-order valence-electron chi connectivity index (χ3n) is 7.00. The van der Waals surface area contributed by atoms with Crippen LogP contribution in [0.25, 0.3) is 45.0 Å². The molecule has 11 nitrogen and oxygen atoms in total. The highest BCUT2D eigenvalue weighted by atomic mass is 16.5. The second kappa shape index (κ2) is 12.6. The molecule has 11 heteroatoms. The molecule has 5 aromatic rings. The van der Waals surface area contributed by atoms with Crippen LogP contribution in [0.2, 0.25) is 0 Å². The molecule has 3 aromatic carbocycles. The fourth-order valence-corrected chi connectivity index (χ4v) is 4.71. The minimum atomic E-state index is -0.590. The molecule has 222 valence electrons. The van der Waals surface area contributed by atoms with E-state index in [4.69, 9.17) is 14.2 Å². The van der Waals surface area contributed by atoms with Gasteiger partial charge in [-0.1, -0.05) is 25.1 Å². The molecule has 0 saturated heterocycles. The molecule has 0 amide bonds. The highest BCUT2D eigenvalue weighted by molar-refractivity contribution is 6.01. The zero-order valence-electron chi connectivity index (χ0n) is 24.4. The number of methoxy groups -OCH3 is 3. The van der Waals surface area contributed by atoms with Crippen molar-refractivity contribution in [3.63, 3.8) is 0 Å². The summed E-state index contributed by atoms with van der Waals surface area (Å²) in [6, 6.07) is 20.7. The number of ketones is 1. The predicted molar refractivity (Wildman–Crippen MR) is 161 cm³/mol. The summed E-state index contributed by atoms with van der Waals surface area (Å²) in [6.07, 6.45) is 0.295. The van der Waals surface area contributed by atoms with E-state index < -0.39 is 17.9 Å². The lowest BCUT2D eigenvalue weighted by Gasteiger charge is -2.06. The number of aromatic nitrogens is 4. The van der Waals surface area contributed by atoms with E-state index in [-0.39, 0.29) is 22.5 Å². The monoisotopic (exact) mass is 592 g/mol. The molecule has 0 radical (unpaired) electrons. The Balaban J connectivity index is 1.47. The summed E-state index contributed by atoms with van der Waals surface area (Å²) in [5.41, 5.74) is 6.28. The summed E-state index contributed by atoms with van der Waals surface area (Å²) < 4.78 is 14.5. The average molecular weight is 593 g/mol. The number of nitrogens with zero attached hydrogens (tertiary/aromatic N) is 2. The van der Waals surface area contributed by atoms with Gasteiger partial charge >= 0.3 is 17.9 Å². The highest BCUT2D eigenvalue weighted by Crippen LogP contribution is 2.31.